The first-order valence-corrected chi connectivity index (χ1v) is 14.0. The van der Waals surface area contributed by atoms with E-state index in [1.165, 1.54) is 0 Å². The number of furan rings is 1. The minimum Gasteiger partial charge on any atom is -0.464 e. The Balaban J connectivity index is 1.40. The largest absolute Gasteiger partial charge is 0.464 e. The van der Waals surface area contributed by atoms with Crippen LogP contribution in [0.15, 0.2) is 33.7 Å². The number of fused-ring (bicyclic) bond motifs is 2. The predicted molar refractivity (Wildman–Crippen MR) is 148 cm³/mol. The van der Waals surface area contributed by atoms with Gasteiger partial charge >= 0.3 is 0 Å². The van der Waals surface area contributed by atoms with Crippen molar-refractivity contribution in [2.24, 2.45) is 5.92 Å². The molecule has 8 nitrogen and oxygen atoms in total. The molecule has 4 heterocycles. The zero-order valence-electron chi connectivity index (χ0n) is 23.4. The molecule has 3 aliphatic rings. The lowest BCUT2D eigenvalue weighted by molar-refractivity contribution is -0.121. The number of nitrogens with zero attached hydrogens (tertiary/aromatic N) is 1. The van der Waals surface area contributed by atoms with Crippen LogP contribution < -0.4 is 20.3 Å². The monoisotopic (exact) mass is 531 g/mol. The van der Waals surface area contributed by atoms with Crippen molar-refractivity contribution in [2.75, 3.05) is 13.6 Å². The molecule has 6 rings (SSSR count). The number of carbonyl (C=O) groups is 1. The summed E-state index contributed by atoms with van der Waals surface area (Å²) in [5, 5.41) is 3.40. The number of benzene rings is 1. The number of hydrogen-bond donors (Lipinski definition) is 2. The van der Waals surface area contributed by atoms with Crippen molar-refractivity contribution in [2.45, 2.75) is 78.2 Å². The molecule has 206 valence electrons. The Morgan fingerprint density at radius 1 is 1.08 bits per heavy atom. The molecule has 1 atom stereocenters. The number of carbonyl (C=O) groups excluding carboxylic acids is 1. The van der Waals surface area contributed by atoms with E-state index < -0.39 is 5.79 Å². The summed E-state index contributed by atoms with van der Waals surface area (Å²) < 4.78 is 19.3. The van der Waals surface area contributed by atoms with Gasteiger partial charge in [-0.15, -0.1) is 0 Å². The van der Waals surface area contributed by atoms with E-state index in [0.29, 0.717) is 47.4 Å². The van der Waals surface area contributed by atoms with Gasteiger partial charge in [-0.3, -0.25) is 9.59 Å². The Morgan fingerprint density at radius 3 is 2.49 bits per heavy atom. The van der Waals surface area contributed by atoms with Gasteiger partial charge in [-0.2, -0.15) is 0 Å². The molecule has 1 aromatic carbocycles. The molecule has 2 aromatic heterocycles. The standard InChI is InChI=1S/C31H37N3O5/c1-17-15-18(2)33-29(35)23(17)16-34-13-12-22-25(30(34)36)19(3)27-28(26(22)24-7-6-14-37-24)39-31(4,38-27)20-8-10-21(32-5)11-9-20/h6-7,14-15,20-21,32H,8-13,16H2,1-5H3,(H,33,35)/t20-,21-,31-/m1/s1. The molecule has 1 saturated carbocycles. The smallest absolute Gasteiger partial charge is 0.254 e. The molecule has 1 fully saturated rings. The van der Waals surface area contributed by atoms with Crippen molar-refractivity contribution in [3.63, 3.8) is 0 Å². The Labute approximate surface area is 228 Å². The SMILES string of the molecule is CN[C@H]1CC[C@H]([C@]2(C)Oc3c(C)c4c(c(-c5ccco5)c3O2)CCN(Cc2c(C)cc(C)[nH]c2=O)C4=O)CC1. The lowest BCUT2D eigenvalue weighted by atomic mass is 9.81. The van der Waals surface area contributed by atoms with Gasteiger partial charge in [-0.25, -0.2) is 0 Å². The summed E-state index contributed by atoms with van der Waals surface area (Å²) in [7, 11) is 2.02. The number of hydrogen-bond acceptors (Lipinski definition) is 6. The molecule has 0 radical (unpaired) electrons. The highest BCUT2D eigenvalue weighted by atomic mass is 16.7. The minimum absolute atomic E-state index is 0.101. The second kappa shape index (κ2) is 9.59. The molecule has 39 heavy (non-hydrogen) atoms. The van der Waals surface area contributed by atoms with E-state index >= 15 is 0 Å². The summed E-state index contributed by atoms with van der Waals surface area (Å²) in [5.74, 6) is 1.28. The average Bonchev–Trinajstić information content (AvgIpc) is 3.56. The molecular formula is C31H37N3O5. The highest BCUT2D eigenvalue weighted by molar-refractivity contribution is 6.02. The summed E-state index contributed by atoms with van der Waals surface area (Å²) in [6.07, 6.45) is 6.42. The second-order valence-electron chi connectivity index (χ2n) is 11.5. The number of pyridine rings is 1. The Bertz CT molecular complexity index is 1480. The number of aromatic nitrogens is 1. The molecule has 1 aliphatic carbocycles. The van der Waals surface area contributed by atoms with Gasteiger partial charge in [0.05, 0.1) is 23.9 Å². The third kappa shape index (κ3) is 4.25. The van der Waals surface area contributed by atoms with Gasteiger partial charge in [0.2, 0.25) is 0 Å². The average molecular weight is 532 g/mol. The van der Waals surface area contributed by atoms with E-state index in [2.05, 4.69) is 10.3 Å². The molecule has 3 aromatic rings. The third-order valence-corrected chi connectivity index (χ3v) is 8.98. The van der Waals surface area contributed by atoms with E-state index in [1.807, 2.05) is 52.9 Å². The minimum atomic E-state index is -0.813. The van der Waals surface area contributed by atoms with Crippen molar-refractivity contribution in [1.82, 2.24) is 15.2 Å². The van der Waals surface area contributed by atoms with Crippen LogP contribution in [0.4, 0.5) is 0 Å². The lowest BCUT2D eigenvalue weighted by Crippen LogP contribution is -2.46. The molecular weight excluding hydrogens is 494 g/mol. The number of rotatable bonds is 5. The molecule has 2 aliphatic heterocycles. The van der Waals surface area contributed by atoms with E-state index in [0.717, 1.165) is 53.6 Å². The highest BCUT2D eigenvalue weighted by Gasteiger charge is 2.49. The quantitative estimate of drug-likeness (QED) is 0.480. The molecule has 0 spiro atoms. The molecule has 0 unspecified atom stereocenters. The van der Waals surface area contributed by atoms with Crippen molar-refractivity contribution in [3.05, 3.63) is 68.3 Å². The molecule has 2 N–H and O–H groups in total. The van der Waals surface area contributed by atoms with Crippen molar-refractivity contribution < 1.29 is 18.7 Å². The van der Waals surface area contributed by atoms with Crippen LogP contribution in [0.2, 0.25) is 0 Å². The van der Waals surface area contributed by atoms with Crippen molar-refractivity contribution in [1.29, 1.82) is 0 Å². The number of ether oxygens (including phenoxy) is 2. The van der Waals surface area contributed by atoms with Gasteiger partial charge in [0.1, 0.15) is 5.76 Å². The first-order valence-electron chi connectivity index (χ1n) is 14.0. The van der Waals surface area contributed by atoms with Crippen LogP contribution in [0.3, 0.4) is 0 Å². The lowest BCUT2D eigenvalue weighted by Gasteiger charge is -2.37. The van der Waals surface area contributed by atoms with E-state index in [-0.39, 0.29) is 23.9 Å². The number of H-pyrrole nitrogens is 1. The van der Waals surface area contributed by atoms with Crippen LogP contribution in [0.5, 0.6) is 11.5 Å². The first-order chi connectivity index (χ1) is 18.7. The maximum absolute atomic E-state index is 14.1. The van der Waals surface area contributed by atoms with Gasteiger partial charge in [-0.1, -0.05) is 0 Å². The van der Waals surface area contributed by atoms with E-state index in [4.69, 9.17) is 13.9 Å². The summed E-state index contributed by atoms with van der Waals surface area (Å²) in [4.78, 5) is 31.4. The Kier molecular flexibility index (Phi) is 6.33. The van der Waals surface area contributed by atoms with Crippen molar-refractivity contribution >= 4 is 5.91 Å². The van der Waals surface area contributed by atoms with Crippen LogP contribution in [0, 0.1) is 26.7 Å². The summed E-state index contributed by atoms with van der Waals surface area (Å²) in [6, 6.07) is 6.23. The van der Waals surface area contributed by atoms with Crippen LogP contribution in [0.1, 0.15) is 70.9 Å². The first kappa shape index (κ1) is 25.7. The van der Waals surface area contributed by atoms with Crippen LogP contribution in [0.25, 0.3) is 11.3 Å². The fraction of sp³-hybridized carbons (Fsp3) is 0.484. The summed E-state index contributed by atoms with van der Waals surface area (Å²) >= 11 is 0. The third-order valence-electron chi connectivity index (χ3n) is 8.98. The summed E-state index contributed by atoms with van der Waals surface area (Å²) in [5.41, 5.74) is 5.30. The molecule has 0 saturated heterocycles. The zero-order valence-corrected chi connectivity index (χ0v) is 23.4. The molecule has 8 heteroatoms. The maximum Gasteiger partial charge on any atom is 0.254 e. The number of aryl methyl sites for hydroxylation is 2. The van der Waals surface area contributed by atoms with Gasteiger partial charge in [0.15, 0.2) is 11.5 Å². The van der Waals surface area contributed by atoms with Gasteiger partial charge in [0, 0.05) is 42.2 Å². The Hall–Kier alpha value is -3.52. The number of aromatic amines is 1. The van der Waals surface area contributed by atoms with Crippen LogP contribution in [-0.4, -0.2) is 41.2 Å². The fourth-order valence-corrected chi connectivity index (χ4v) is 6.75. The van der Waals surface area contributed by atoms with Gasteiger partial charge < -0.3 is 29.1 Å². The molecule has 0 bridgehead atoms. The predicted octanol–water partition coefficient (Wildman–Crippen LogP) is 5.02. The van der Waals surface area contributed by atoms with Crippen LogP contribution in [-0.2, 0) is 13.0 Å². The molecule has 1 amide bonds. The van der Waals surface area contributed by atoms with E-state index in [9.17, 15) is 9.59 Å². The van der Waals surface area contributed by atoms with E-state index in [1.54, 1.807) is 11.2 Å². The number of amides is 1. The van der Waals surface area contributed by atoms with Gasteiger partial charge in [-0.05, 0) is 89.2 Å². The normalized spacial score (nSPS) is 24.2. The van der Waals surface area contributed by atoms with Crippen molar-refractivity contribution in [3.8, 4) is 22.8 Å². The highest BCUT2D eigenvalue weighted by Crippen LogP contribution is 2.55. The number of nitrogens with one attached hydrogen (secondary N) is 2. The van der Waals surface area contributed by atoms with Gasteiger partial charge in [0.25, 0.3) is 17.3 Å². The van der Waals surface area contributed by atoms with Crippen LogP contribution >= 0.6 is 0 Å². The fourth-order valence-electron chi connectivity index (χ4n) is 6.75. The maximum atomic E-state index is 14.1. The zero-order chi connectivity index (χ0) is 27.5. The second-order valence-corrected chi connectivity index (χ2v) is 11.5. The Morgan fingerprint density at radius 2 is 1.82 bits per heavy atom. The topological polar surface area (TPSA) is 96.8 Å². The summed E-state index contributed by atoms with van der Waals surface area (Å²) in [6.45, 7) is 8.52.